The number of halogens is 2. The number of hydrazine groups is 1. The summed E-state index contributed by atoms with van der Waals surface area (Å²) in [7, 11) is 0. The van der Waals surface area contributed by atoms with Crippen molar-refractivity contribution in [3.63, 3.8) is 0 Å². The van der Waals surface area contributed by atoms with Crippen molar-refractivity contribution in [3.8, 4) is 0 Å². The van der Waals surface area contributed by atoms with Crippen LogP contribution in [-0.4, -0.2) is 0 Å². The molecular formula is C6H6Br2N2. The van der Waals surface area contributed by atoms with E-state index in [-0.39, 0.29) is 0 Å². The molecule has 0 aliphatic heterocycles. The molecule has 0 atom stereocenters. The van der Waals surface area contributed by atoms with Gasteiger partial charge in [-0.15, -0.1) is 0 Å². The number of anilines is 1. The standard InChI is InChI=1S/C6H6Br2N2/c7-5-1-3-6(4-2-5)9-10-8/h1-4,9-10H. The van der Waals surface area contributed by atoms with Crippen LogP contribution in [-0.2, 0) is 0 Å². The number of hydrogen-bond acceptors (Lipinski definition) is 2. The van der Waals surface area contributed by atoms with Gasteiger partial charge in [0.25, 0.3) is 0 Å². The van der Waals surface area contributed by atoms with Crippen molar-refractivity contribution in [1.29, 1.82) is 0 Å². The number of nitrogens with one attached hydrogen (secondary N) is 2. The lowest BCUT2D eigenvalue weighted by Crippen LogP contribution is -2.07. The van der Waals surface area contributed by atoms with E-state index in [2.05, 4.69) is 42.0 Å². The molecule has 0 bridgehead atoms. The average Bonchev–Trinajstić information content (AvgIpc) is 1.95. The molecule has 0 saturated carbocycles. The summed E-state index contributed by atoms with van der Waals surface area (Å²) < 4.78 is 3.73. The van der Waals surface area contributed by atoms with Crippen LogP contribution in [0.1, 0.15) is 0 Å². The third kappa shape index (κ3) is 2.28. The van der Waals surface area contributed by atoms with Gasteiger partial charge in [-0.05, 0) is 24.3 Å². The Kier molecular flexibility index (Phi) is 3.18. The van der Waals surface area contributed by atoms with E-state index in [1.165, 1.54) is 0 Å². The second kappa shape index (κ2) is 3.95. The molecule has 2 N–H and O–H groups in total. The zero-order valence-electron chi connectivity index (χ0n) is 5.07. The molecular weight excluding hydrogens is 260 g/mol. The van der Waals surface area contributed by atoms with Gasteiger partial charge in [-0.25, -0.2) is 0 Å². The molecule has 0 radical (unpaired) electrons. The van der Waals surface area contributed by atoms with E-state index in [1.54, 1.807) is 0 Å². The maximum atomic E-state index is 3.34. The average molecular weight is 266 g/mol. The van der Waals surface area contributed by atoms with Gasteiger partial charge < -0.3 is 5.43 Å². The van der Waals surface area contributed by atoms with Crippen molar-refractivity contribution in [3.05, 3.63) is 28.7 Å². The third-order valence-corrected chi connectivity index (χ3v) is 1.76. The Hall–Kier alpha value is -0.0600. The van der Waals surface area contributed by atoms with Crippen molar-refractivity contribution < 1.29 is 0 Å². The van der Waals surface area contributed by atoms with Gasteiger partial charge in [0.15, 0.2) is 0 Å². The summed E-state index contributed by atoms with van der Waals surface area (Å²) >= 11 is 6.37. The maximum Gasteiger partial charge on any atom is 0.0497 e. The molecule has 0 aliphatic rings. The highest BCUT2D eigenvalue weighted by Crippen LogP contribution is 2.13. The van der Waals surface area contributed by atoms with E-state index in [0.29, 0.717) is 0 Å². The van der Waals surface area contributed by atoms with Crippen LogP contribution in [0, 0.1) is 0 Å². The summed E-state index contributed by atoms with van der Waals surface area (Å²) in [6.07, 6.45) is 0. The van der Waals surface area contributed by atoms with Crippen molar-refractivity contribution in [1.82, 2.24) is 4.45 Å². The van der Waals surface area contributed by atoms with Crippen molar-refractivity contribution >= 4 is 37.8 Å². The Balaban J connectivity index is 2.69. The summed E-state index contributed by atoms with van der Waals surface area (Å²) in [5, 5.41) is 0. The van der Waals surface area contributed by atoms with Gasteiger partial charge in [0.05, 0.1) is 0 Å². The highest BCUT2D eigenvalue weighted by atomic mass is 79.9. The summed E-state index contributed by atoms with van der Waals surface area (Å²) in [4.78, 5) is 0. The third-order valence-electron chi connectivity index (χ3n) is 1.04. The molecule has 4 heteroatoms. The molecule has 1 aromatic carbocycles. The Labute approximate surface area is 76.4 Å². The van der Waals surface area contributed by atoms with Crippen LogP contribution in [0.5, 0.6) is 0 Å². The molecule has 1 aromatic rings. The maximum absolute atomic E-state index is 3.34. The van der Waals surface area contributed by atoms with Crippen LogP contribution in [0.15, 0.2) is 28.7 Å². The summed E-state index contributed by atoms with van der Waals surface area (Å²) in [5.41, 5.74) is 3.89. The van der Waals surface area contributed by atoms with E-state index < -0.39 is 0 Å². The predicted octanol–water partition coefficient (Wildman–Crippen LogP) is 2.68. The fourth-order valence-corrected chi connectivity index (χ4v) is 1.08. The Morgan fingerprint density at radius 3 is 2.20 bits per heavy atom. The van der Waals surface area contributed by atoms with E-state index in [1.807, 2.05) is 24.3 Å². The van der Waals surface area contributed by atoms with Crippen molar-refractivity contribution in [2.24, 2.45) is 0 Å². The molecule has 0 unspecified atom stereocenters. The summed E-state index contributed by atoms with van der Waals surface area (Å²) in [6, 6.07) is 7.84. The molecule has 1 rings (SSSR count). The van der Waals surface area contributed by atoms with Crippen LogP contribution in [0.3, 0.4) is 0 Å². The van der Waals surface area contributed by atoms with Gasteiger partial charge in [-0.2, -0.15) is 4.45 Å². The lowest BCUT2D eigenvalue weighted by molar-refractivity contribution is 1.25. The van der Waals surface area contributed by atoms with Gasteiger partial charge in [0.1, 0.15) is 0 Å². The SMILES string of the molecule is BrNNc1ccc(Br)cc1. The first-order valence-corrected chi connectivity index (χ1v) is 4.29. The van der Waals surface area contributed by atoms with Gasteiger partial charge in [0, 0.05) is 26.3 Å². The second-order valence-electron chi connectivity index (χ2n) is 1.73. The molecule has 0 aliphatic carbocycles. The van der Waals surface area contributed by atoms with Gasteiger partial charge >= 0.3 is 0 Å². The first-order valence-electron chi connectivity index (χ1n) is 2.70. The number of rotatable bonds is 2. The van der Waals surface area contributed by atoms with Crippen LogP contribution in [0.4, 0.5) is 5.69 Å². The van der Waals surface area contributed by atoms with Crippen LogP contribution in [0.2, 0.25) is 0 Å². The van der Waals surface area contributed by atoms with Crippen LogP contribution < -0.4 is 9.88 Å². The van der Waals surface area contributed by atoms with Gasteiger partial charge in [0.2, 0.25) is 0 Å². The Morgan fingerprint density at radius 2 is 1.70 bits per heavy atom. The molecule has 0 spiro atoms. The van der Waals surface area contributed by atoms with Crippen molar-refractivity contribution in [2.75, 3.05) is 5.43 Å². The largest absolute Gasteiger partial charge is 0.312 e. The highest BCUT2D eigenvalue weighted by molar-refractivity contribution is 9.10. The minimum Gasteiger partial charge on any atom is -0.312 e. The summed E-state index contributed by atoms with van der Waals surface area (Å²) in [5.74, 6) is 0. The topological polar surface area (TPSA) is 24.1 Å². The first kappa shape index (κ1) is 8.04. The minimum absolute atomic E-state index is 1.01. The smallest absolute Gasteiger partial charge is 0.0497 e. The lowest BCUT2D eigenvalue weighted by Gasteiger charge is -2.00. The second-order valence-corrected chi connectivity index (χ2v) is 3.04. The monoisotopic (exact) mass is 264 g/mol. The van der Waals surface area contributed by atoms with Gasteiger partial charge in [-0.3, -0.25) is 0 Å². The molecule has 0 aromatic heterocycles. The van der Waals surface area contributed by atoms with E-state index in [4.69, 9.17) is 0 Å². The fraction of sp³-hybridized carbons (Fsp3) is 0. The molecule has 2 nitrogen and oxygen atoms in total. The van der Waals surface area contributed by atoms with Crippen LogP contribution in [0.25, 0.3) is 0 Å². The first-order chi connectivity index (χ1) is 4.83. The molecule has 0 heterocycles. The number of hydrogen-bond donors (Lipinski definition) is 2. The zero-order valence-corrected chi connectivity index (χ0v) is 8.24. The van der Waals surface area contributed by atoms with Gasteiger partial charge in [-0.1, -0.05) is 15.9 Å². The molecule has 0 amide bonds. The lowest BCUT2D eigenvalue weighted by atomic mass is 10.3. The highest BCUT2D eigenvalue weighted by Gasteiger charge is 1.87. The minimum atomic E-state index is 1.01. The number of benzene rings is 1. The predicted molar refractivity (Wildman–Crippen MR) is 49.8 cm³/mol. The van der Waals surface area contributed by atoms with E-state index in [9.17, 15) is 0 Å². The normalized spacial score (nSPS) is 9.40. The van der Waals surface area contributed by atoms with E-state index >= 15 is 0 Å². The molecule has 10 heavy (non-hydrogen) atoms. The molecule has 54 valence electrons. The van der Waals surface area contributed by atoms with Crippen molar-refractivity contribution in [2.45, 2.75) is 0 Å². The Morgan fingerprint density at radius 1 is 1.10 bits per heavy atom. The quantitative estimate of drug-likeness (QED) is 0.635. The zero-order chi connectivity index (χ0) is 7.40. The van der Waals surface area contributed by atoms with Crippen LogP contribution >= 0.6 is 32.1 Å². The molecule has 0 saturated heterocycles. The molecule has 0 fully saturated rings. The summed E-state index contributed by atoms with van der Waals surface area (Å²) in [6.45, 7) is 0. The fourth-order valence-electron chi connectivity index (χ4n) is 0.588. The van der Waals surface area contributed by atoms with E-state index in [0.717, 1.165) is 10.2 Å². The Bertz CT molecular complexity index is 197.